The van der Waals surface area contributed by atoms with Gasteiger partial charge in [-0.2, -0.15) is 0 Å². The molecule has 144 valence electrons. The first-order valence-corrected chi connectivity index (χ1v) is 9.56. The van der Waals surface area contributed by atoms with E-state index in [1.54, 1.807) is 42.5 Å². The Hall–Kier alpha value is -2.69. The van der Waals surface area contributed by atoms with E-state index >= 15 is 0 Å². The lowest BCUT2D eigenvalue weighted by Gasteiger charge is -2.19. The van der Waals surface area contributed by atoms with Crippen LogP contribution in [0.2, 0.25) is 10.0 Å². The van der Waals surface area contributed by atoms with Crippen molar-refractivity contribution < 1.29 is 14.3 Å². The highest BCUT2D eigenvalue weighted by atomic mass is 35.5. The molecule has 3 aromatic carbocycles. The molecule has 0 saturated heterocycles. The third kappa shape index (κ3) is 5.41. The fourth-order valence-electron chi connectivity index (χ4n) is 2.54. The van der Waals surface area contributed by atoms with Gasteiger partial charge in [0.25, 0.3) is 5.91 Å². The van der Waals surface area contributed by atoms with Crippen LogP contribution in [0.4, 0.5) is 5.69 Å². The van der Waals surface area contributed by atoms with Crippen LogP contribution in [0.25, 0.3) is 0 Å². The summed E-state index contributed by atoms with van der Waals surface area (Å²) >= 11 is 12.1. The van der Waals surface area contributed by atoms with Crippen molar-refractivity contribution in [2.45, 2.75) is 19.4 Å². The quantitative estimate of drug-likeness (QED) is 0.473. The monoisotopic (exact) mass is 415 g/mol. The summed E-state index contributed by atoms with van der Waals surface area (Å²) in [6.07, 6.45) is -0.213. The molecule has 28 heavy (non-hydrogen) atoms. The Morgan fingerprint density at radius 2 is 1.64 bits per heavy atom. The number of carbonyl (C=O) groups excluding carboxylic acids is 1. The van der Waals surface area contributed by atoms with Crippen LogP contribution < -0.4 is 14.8 Å². The minimum atomic E-state index is -0.693. The van der Waals surface area contributed by atoms with Crippen molar-refractivity contribution in [3.05, 3.63) is 82.8 Å². The Morgan fingerprint density at radius 1 is 0.929 bits per heavy atom. The molecule has 0 radical (unpaired) electrons. The molecular weight excluding hydrogens is 397 g/mol. The van der Waals surface area contributed by atoms with Gasteiger partial charge in [-0.3, -0.25) is 4.79 Å². The largest absolute Gasteiger partial charge is 0.481 e. The topological polar surface area (TPSA) is 47.6 Å². The van der Waals surface area contributed by atoms with Crippen LogP contribution in [-0.4, -0.2) is 12.0 Å². The van der Waals surface area contributed by atoms with E-state index in [-0.39, 0.29) is 5.91 Å². The fourth-order valence-corrected chi connectivity index (χ4v) is 2.90. The van der Waals surface area contributed by atoms with Crippen LogP contribution in [0.5, 0.6) is 17.2 Å². The normalized spacial score (nSPS) is 11.5. The fraction of sp³-hybridized carbons (Fsp3) is 0.136. The van der Waals surface area contributed by atoms with E-state index in [0.717, 1.165) is 0 Å². The van der Waals surface area contributed by atoms with Gasteiger partial charge in [-0.25, -0.2) is 0 Å². The first-order valence-electron chi connectivity index (χ1n) is 8.80. The predicted molar refractivity (Wildman–Crippen MR) is 113 cm³/mol. The van der Waals surface area contributed by atoms with Gasteiger partial charge in [-0.15, -0.1) is 0 Å². The van der Waals surface area contributed by atoms with Crippen LogP contribution >= 0.6 is 23.2 Å². The number of rotatable bonds is 7. The number of anilines is 1. The van der Waals surface area contributed by atoms with Gasteiger partial charge in [0, 0.05) is 10.0 Å². The molecule has 0 bridgehead atoms. The average Bonchev–Trinajstić information content (AvgIpc) is 2.69. The molecule has 6 heteroatoms. The molecule has 0 aliphatic carbocycles. The summed E-state index contributed by atoms with van der Waals surface area (Å²) < 4.78 is 11.7. The summed E-state index contributed by atoms with van der Waals surface area (Å²) in [6, 6.07) is 21.3. The standard InChI is InChI=1S/C22H19Cl2NO3/c1-2-20(28-18-10-6-7-15(23)13-18)22(26)25-19-14-16(24)11-12-21(19)27-17-8-4-3-5-9-17/h3-14,20H,2H2,1H3,(H,25,26). The van der Waals surface area contributed by atoms with Crippen LogP contribution in [-0.2, 0) is 4.79 Å². The van der Waals surface area contributed by atoms with Gasteiger partial charge in [0.05, 0.1) is 5.69 Å². The second-order valence-electron chi connectivity index (χ2n) is 6.02. The highest BCUT2D eigenvalue weighted by Gasteiger charge is 2.20. The number of carbonyl (C=O) groups is 1. The number of hydrogen-bond donors (Lipinski definition) is 1. The number of benzene rings is 3. The summed E-state index contributed by atoms with van der Waals surface area (Å²) in [5.74, 6) is 1.37. The molecular formula is C22H19Cl2NO3. The number of amides is 1. The maximum absolute atomic E-state index is 12.8. The van der Waals surface area contributed by atoms with Crippen LogP contribution in [0, 0.1) is 0 Å². The van der Waals surface area contributed by atoms with E-state index in [0.29, 0.717) is 39.4 Å². The van der Waals surface area contributed by atoms with Gasteiger partial charge in [0.1, 0.15) is 11.5 Å². The van der Waals surface area contributed by atoms with E-state index in [4.69, 9.17) is 32.7 Å². The van der Waals surface area contributed by atoms with Crippen molar-refractivity contribution in [2.24, 2.45) is 0 Å². The summed E-state index contributed by atoms with van der Waals surface area (Å²) in [7, 11) is 0. The zero-order chi connectivity index (χ0) is 19.9. The maximum atomic E-state index is 12.8. The van der Waals surface area contributed by atoms with E-state index in [1.165, 1.54) is 0 Å². The number of ether oxygens (including phenoxy) is 2. The van der Waals surface area contributed by atoms with Crippen molar-refractivity contribution >= 4 is 34.8 Å². The van der Waals surface area contributed by atoms with Crippen molar-refractivity contribution in [1.82, 2.24) is 0 Å². The molecule has 0 aromatic heterocycles. The second-order valence-corrected chi connectivity index (χ2v) is 6.89. The van der Waals surface area contributed by atoms with Crippen molar-refractivity contribution in [1.29, 1.82) is 0 Å². The third-order valence-electron chi connectivity index (χ3n) is 3.91. The Kier molecular flexibility index (Phi) is 6.80. The molecule has 1 amide bonds. The summed E-state index contributed by atoms with van der Waals surface area (Å²) in [4.78, 5) is 12.8. The van der Waals surface area contributed by atoms with E-state index in [2.05, 4.69) is 5.32 Å². The summed E-state index contributed by atoms with van der Waals surface area (Å²) in [5.41, 5.74) is 0.467. The van der Waals surface area contributed by atoms with Crippen LogP contribution in [0.15, 0.2) is 72.8 Å². The van der Waals surface area contributed by atoms with Gasteiger partial charge in [-0.1, -0.05) is 54.4 Å². The molecule has 4 nitrogen and oxygen atoms in total. The van der Waals surface area contributed by atoms with E-state index in [1.807, 2.05) is 37.3 Å². The maximum Gasteiger partial charge on any atom is 0.265 e. The summed E-state index contributed by atoms with van der Waals surface area (Å²) in [5, 5.41) is 3.88. The Labute approximate surface area is 174 Å². The smallest absolute Gasteiger partial charge is 0.265 e. The highest BCUT2D eigenvalue weighted by Crippen LogP contribution is 2.32. The van der Waals surface area contributed by atoms with Crippen molar-refractivity contribution in [3.63, 3.8) is 0 Å². The first-order chi connectivity index (χ1) is 13.5. The zero-order valence-electron chi connectivity index (χ0n) is 15.2. The molecule has 0 heterocycles. The second kappa shape index (κ2) is 9.49. The van der Waals surface area contributed by atoms with Crippen molar-refractivity contribution in [2.75, 3.05) is 5.32 Å². The lowest BCUT2D eigenvalue weighted by atomic mass is 10.2. The molecule has 0 fully saturated rings. The number of nitrogens with one attached hydrogen (secondary N) is 1. The minimum Gasteiger partial charge on any atom is -0.481 e. The first kappa shape index (κ1) is 20.1. The lowest BCUT2D eigenvalue weighted by molar-refractivity contribution is -0.122. The molecule has 3 rings (SSSR count). The zero-order valence-corrected chi connectivity index (χ0v) is 16.7. The summed E-state index contributed by atoms with van der Waals surface area (Å²) in [6.45, 7) is 1.87. The van der Waals surface area contributed by atoms with Gasteiger partial charge in [0.15, 0.2) is 11.9 Å². The highest BCUT2D eigenvalue weighted by molar-refractivity contribution is 6.31. The molecule has 0 aliphatic rings. The average molecular weight is 416 g/mol. The number of halogens is 2. The predicted octanol–water partition coefficient (Wildman–Crippen LogP) is 6.58. The third-order valence-corrected chi connectivity index (χ3v) is 4.38. The molecule has 0 saturated carbocycles. The van der Waals surface area contributed by atoms with Crippen molar-refractivity contribution in [3.8, 4) is 17.2 Å². The van der Waals surface area contributed by atoms with Gasteiger partial charge >= 0.3 is 0 Å². The lowest BCUT2D eigenvalue weighted by Crippen LogP contribution is -2.32. The number of para-hydroxylation sites is 1. The number of hydrogen-bond acceptors (Lipinski definition) is 3. The molecule has 1 atom stereocenters. The van der Waals surface area contributed by atoms with E-state index in [9.17, 15) is 4.79 Å². The van der Waals surface area contributed by atoms with Crippen LogP contribution in [0.3, 0.4) is 0 Å². The molecule has 3 aromatic rings. The molecule has 0 spiro atoms. The Balaban J connectivity index is 1.77. The molecule has 1 N–H and O–H groups in total. The Morgan fingerprint density at radius 3 is 2.36 bits per heavy atom. The van der Waals surface area contributed by atoms with Gasteiger partial charge < -0.3 is 14.8 Å². The Bertz CT molecular complexity index is 948. The SMILES string of the molecule is CCC(Oc1cccc(Cl)c1)C(=O)Nc1cc(Cl)ccc1Oc1ccccc1. The minimum absolute atomic E-state index is 0.303. The van der Waals surface area contributed by atoms with Crippen LogP contribution in [0.1, 0.15) is 13.3 Å². The van der Waals surface area contributed by atoms with Gasteiger partial charge in [0.2, 0.25) is 0 Å². The van der Waals surface area contributed by atoms with Gasteiger partial charge in [-0.05, 0) is 55.0 Å². The molecule has 0 aliphatic heterocycles. The molecule has 1 unspecified atom stereocenters. The van der Waals surface area contributed by atoms with E-state index < -0.39 is 6.10 Å².